The molecule has 1 aliphatic heterocycles. The molecule has 1 saturated heterocycles. The van der Waals surface area contributed by atoms with Gasteiger partial charge in [-0.05, 0) is 32.7 Å². The fourth-order valence-corrected chi connectivity index (χ4v) is 0.870. The lowest BCUT2D eigenvalue weighted by molar-refractivity contribution is 0.216. The minimum absolute atomic E-state index is 0.167. The van der Waals surface area contributed by atoms with Crippen LogP contribution in [-0.4, -0.2) is 36.0 Å². The Bertz CT molecular complexity index is 77.4. The van der Waals surface area contributed by atoms with E-state index < -0.39 is 0 Å². The highest BCUT2D eigenvalue weighted by atomic mass is 16.3. The van der Waals surface area contributed by atoms with E-state index in [4.69, 9.17) is 10.2 Å². The smallest absolute Gasteiger partial charge is 0.0483 e. The third kappa shape index (κ3) is 7.78. The average Bonchev–Trinajstić information content (AvgIpc) is 2.36. The average molecular weight is 161 g/mol. The molecule has 0 aliphatic carbocycles. The molecule has 1 aliphatic rings. The zero-order chi connectivity index (χ0) is 8.69. The number of aliphatic hydroxyl groups is 2. The van der Waals surface area contributed by atoms with Gasteiger partial charge in [0.2, 0.25) is 0 Å². The summed E-state index contributed by atoms with van der Waals surface area (Å²) in [5.41, 5.74) is 0. The first-order chi connectivity index (χ1) is 5.16. The molecule has 0 amide bonds. The predicted molar refractivity (Wildman–Crippen MR) is 45.4 cm³/mol. The minimum atomic E-state index is -0.167. The summed E-state index contributed by atoms with van der Waals surface area (Å²) in [4.78, 5) is 0. The van der Waals surface area contributed by atoms with E-state index in [9.17, 15) is 0 Å². The predicted octanol–water partition coefficient (Wildman–Crippen LogP) is -0.0247. The normalized spacial score (nSPS) is 23.2. The van der Waals surface area contributed by atoms with Crippen LogP contribution in [0.15, 0.2) is 0 Å². The van der Waals surface area contributed by atoms with Crippen LogP contribution in [0.2, 0.25) is 0 Å². The topological polar surface area (TPSA) is 52.5 Å². The summed E-state index contributed by atoms with van der Waals surface area (Å²) in [5, 5.41) is 19.7. The number of nitrogens with one attached hydrogen (secondary N) is 1. The summed E-state index contributed by atoms with van der Waals surface area (Å²) in [6, 6.07) is 0. The minimum Gasteiger partial charge on any atom is -0.396 e. The molecule has 0 aromatic rings. The van der Waals surface area contributed by atoms with Gasteiger partial charge in [0.1, 0.15) is 0 Å². The fourth-order valence-electron chi connectivity index (χ4n) is 0.870. The summed E-state index contributed by atoms with van der Waals surface area (Å²) >= 11 is 0. The van der Waals surface area contributed by atoms with Crippen molar-refractivity contribution in [3.05, 3.63) is 0 Å². The number of hydrogen-bond donors (Lipinski definition) is 3. The second kappa shape index (κ2) is 6.58. The first-order valence-corrected chi connectivity index (χ1v) is 4.16. The van der Waals surface area contributed by atoms with Gasteiger partial charge in [0.15, 0.2) is 0 Å². The first-order valence-electron chi connectivity index (χ1n) is 4.16. The van der Waals surface area contributed by atoms with Crippen molar-refractivity contribution in [3.63, 3.8) is 0 Å². The lowest BCUT2D eigenvalue weighted by atomic mass is 10.1. The van der Waals surface area contributed by atoms with Crippen LogP contribution in [-0.2, 0) is 0 Å². The molecule has 0 aromatic heterocycles. The van der Waals surface area contributed by atoms with Crippen molar-refractivity contribution in [2.45, 2.75) is 26.4 Å². The molecule has 0 spiro atoms. The van der Waals surface area contributed by atoms with Gasteiger partial charge in [0, 0.05) is 19.3 Å². The van der Waals surface area contributed by atoms with Gasteiger partial charge in [-0.15, -0.1) is 0 Å². The second-order valence-corrected chi connectivity index (χ2v) is 3.14. The highest BCUT2D eigenvalue weighted by Crippen LogP contribution is 2.04. The Morgan fingerprint density at radius 3 is 2.27 bits per heavy atom. The molecule has 1 fully saturated rings. The fraction of sp³-hybridized carbons (Fsp3) is 1.00. The maximum absolute atomic E-state index is 8.53. The van der Waals surface area contributed by atoms with Crippen LogP contribution in [0, 0.1) is 5.92 Å². The lowest BCUT2D eigenvalue weighted by Crippen LogP contribution is -2.11. The van der Waals surface area contributed by atoms with Crippen molar-refractivity contribution < 1.29 is 10.2 Å². The number of aliphatic hydroxyl groups excluding tert-OH is 2. The van der Waals surface area contributed by atoms with Crippen molar-refractivity contribution >= 4 is 0 Å². The molecule has 3 N–H and O–H groups in total. The molecule has 3 heteroatoms. The molecule has 0 aromatic carbocycles. The SMILES string of the molecule is CC(C)O.OCC1CCNC1. The maximum atomic E-state index is 8.53. The summed E-state index contributed by atoms with van der Waals surface area (Å²) in [7, 11) is 0. The summed E-state index contributed by atoms with van der Waals surface area (Å²) < 4.78 is 0. The molecule has 1 heterocycles. The Labute approximate surface area is 68.4 Å². The summed E-state index contributed by atoms with van der Waals surface area (Å²) in [6.45, 7) is 5.90. The maximum Gasteiger partial charge on any atom is 0.0483 e. The van der Waals surface area contributed by atoms with Crippen LogP contribution in [0.3, 0.4) is 0 Å². The molecule has 1 atom stereocenters. The van der Waals surface area contributed by atoms with Crippen LogP contribution in [0.25, 0.3) is 0 Å². The zero-order valence-electron chi connectivity index (χ0n) is 7.38. The van der Waals surface area contributed by atoms with Crippen LogP contribution in [0.1, 0.15) is 20.3 Å². The van der Waals surface area contributed by atoms with Gasteiger partial charge in [-0.25, -0.2) is 0 Å². The van der Waals surface area contributed by atoms with Gasteiger partial charge >= 0.3 is 0 Å². The number of hydrogen-bond acceptors (Lipinski definition) is 3. The third-order valence-electron chi connectivity index (χ3n) is 1.42. The van der Waals surface area contributed by atoms with Crippen molar-refractivity contribution in [2.24, 2.45) is 5.92 Å². The Hall–Kier alpha value is -0.120. The van der Waals surface area contributed by atoms with Gasteiger partial charge < -0.3 is 15.5 Å². The van der Waals surface area contributed by atoms with Crippen LogP contribution >= 0.6 is 0 Å². The van der Waals surface area contributed by atoms with Gasteiger partial charge in [-0.2, -0.15) is 0 Å². The number of rotatable bonds is 1. The molecule has 11 heavy (non-hydrogen) atoms. The van der Waals surface area contributed by atoms with Crippen LogP contribution < -0.4 is 5.32 Å². The highest BCUT2D eigenvalue weighted by Gasteiger charge is 2.11. The molecule has 1 unspecified atom stereocenters. The van der Waals surface area contributed by atoms with E-state index in [2.05, 4.69) is 5.32 Å². The Morgan fingerprint density at radius 2 is 2.09 bits per heavy atom. The Morgan fingerprint density at radius 1 is 1.55 bits per heavy atom. The first kappa shape index (κ1) is 10.9. The molecular formula is C8H19NO2. The largest absolute Gasteiger partial charge is 0.396 e. The molecule has 3 nitrogen and oxygen atoms in total. The van der Waals surface area contributed by atoms with Crippen LogP contribution in [0.4, 0.5) is 0 Å². The van der Waals surface area contributed by atoms with Gasteiger partial charge in [0.05, 0.1) is 0 Å². The molecule has 0 bridgehead atoms. The van der Waals surface area contributed by atoms with Gasteiger partial charge in [-0.1, -0.05) is 0 Å². The van der Waals surface area contributed by atoms with E-state index in [-0.39, 0.29) is 6.10 Å². The molecule has 1 rings (SSSR count). The van der Waals surface area contributed by atoms with Crippen molar-refractivity contribution in [2.75, 3.05) is 19.7 Å². The van der Waals surface area contributed by atoms with Crippen LogP contribution in [0.5, 0.6) is 0 Å². The molecular weight excluding hydrogens is 142 g/mol. The summed E-state index contributed by atoms with van der Waals surface area (Å²) in [6.07, 6.45) is 0.983. The lowest BCUT2D eigenvalue weighted by Gasteiger charge is -1.98. The highest BCUT2D eigenvalue weighted by molar-refractivity contribution is 4.68. The Kier molecular flexibility index (Phi) is 6.51. The van der Waals surface area contributed by atoms with E-state index in [1.807, 2.05) is 0 Å². The van der Waals surface area contributed by atoms with E-state index in [0.29, 0.717) is 12.5 Å². The monoisotopic (exact) mass is 161 g/mol. The molecule has 68 valence electrons. The quantitative estimate of drug-likeness (QED) is 0.506. The summed E-state index contributed by atoms with van der Waals surface area (Å²) in [5.74, 6) is 0.542. The van der Waals surface area contributed by atoms with E-state index in [1.165, 1.54) is 0 Å². The van der Waals surface area contributed by atoms with Crippen molar-refractivity contribution in [1.82, 2.24) is 5.32 Å². The third-order valence-corrected chi connectivity index (χ3v) is 1.42. The van der Waals surface area contributed by atoms with Crippen molar-refractivity contribution in [1.29, 1.82) is 0 Å². The van der Waals surface area contributed by atoms with Crippen molar-refractivity contribution in [3.8, 4) is 0 Å². The molecule has 0 saturated carbocycles. The van der Waals surface area contributed by atoms with Gasteiger partial charge in [-0.3, -0.25) is 0 Å². The standard InChI is InChI=1S/C5H11NO.C3H8O/c7-4-5-1-2-6-3-5;1-3(2)4/h5-7H,1-4H2;3-4H,1-2H3. The van der Waals surface area contributed by atoms with E-state index in [0.717, 1.165) is 19.5 Å². The van der Waals surface area contributed by atoms with Gasteiger partial charge in [0.25, 0.3) is 0 Å². The second-order valence-electron chi connectivity index (χ2n) is 3.14. The molecule has 0 radical (unpaired) electrons. The van der Waals surface area contributed by atoms with E-state index >= 15 is 0 Å². The van der Waals surface area contributed by atoms with E-state index in [1.54, 1.807) is 13.8 Å². The Balaban J connectivity index is 0.000000218. The zero-order valence-corrected chi connectivity index (χ0v) is 7.38.